The number of hydrogen-bond donors (Lipinski definition) is 2. The summed E-state index contributed by atoms with van der Waals surface area (Å²) in [4.78, 5) is 12.5. The van der Waals surface area contributed by atoms with Gasteiger partial charge in [-0.2, -0.15) is 0 Å². The maximum absolute atomic E-state index is 5.89. The first-order chi connectivity index (χ1) is 8.68. The lowest BCUT2D eigenvalue weighted by atomic mass is 10.0. The number of rotatable bonds is 5. The number of aromatic nitrogens is 3. The third kappa shape index (κ3) is 2.95. The van der Waals surface area contributed by atoms with Crippen LogP contribution in [0.1, 0.15) is 30.3 Å². The van der Waals surface area contributed by atoms with E-state index in [1.807, 2.05) is 11.6 Å². The van der Waals surface area contributed by atoms with Gasteiger partial charge in [0.25, 0.3) is 0 Å². The van der Waals surface area contributed by atoms with E-state index in [4.69, 9.17) is 5.73 Å². The van der Waals surface area contributed by atoms with Crippen LogP contribution in [0, 0.1) is 0 Å². The molecule has 0 fully saturated rings. The largest absolute Gasteiger partial charge is 0.383 e. The maximum Gasteiger partial charge on any atom is 0.134 e. The first-order valence-corrected chi connectivity index (χ1v) is 6.79. The molecule has 0 saturated carbocycles. The van der Waals surface area contributed by atoms with Gasteiger partial charge in [-0.25, -0.2) is 15.0 Å². The predicted molar refractivity (Wildman–Crippen MR) is 74.8 cm³/mol. The van der Waals surface area contributed by atoms with Crippen LogP contribution in [0.15, 0.2) is 17.9 Å². The SMILES string of the molecule is CC(C)c1c(N)ncnc1NCCc1nccs1. The van der Waals surface area contributed by atoms with Crippen LogP contribution in [0.3, 0.4) is 0 Å². The minimum absolute atomic E-state index is 0.300. The molecule has 2 aromatic heterocycles. The molecule has 18 heavy (non-hydrogen) atoms. The Hall–Kier alpha value is -1.69. The fourth-order valence-electron chi connectivity index (χ4n) is 1.78. The molecule has 0 aromatic carbocycles. The fourth-order valence-corrected chi connectivity index (χ4v) is 2.40. The molecule has 3 N–H and O–H groups in total. The molecule has 0 amide bonds. The van der Waals surface area contributed by atoms with Gasteiger partial charge in [0, 0.05) is 30.1 Å². The molecule has 5 nitrogen and oxygen atoms in total. The number of nitrogens with zero attached hydrogens (tertiary/aromatic N) is 3. The van der Waals surface area contributed by atoms with Gasteiger partial charge in [-0.15, -0.1) is 11.3 Å². The molecule has 6 heteroatoms. The van der Waals surface area contributed by atoms with Gasteiger partial charge >= 0.3 is 0 Å². The van der Waals surface area contributed by atoms with Crippen molar-refractivity contribution < 1.29 is 0 Å². The number of nitrogen functional groups attached to an aromatic ring is 1. The van der Waals surface area contributed by atoms with Crippen molar-refractivity contribution in [3.63, 3.8) is 0 Å². The molecule has 0 unspecified atom stereocenters. The van der Waals surface area contributed by atoms with Gasteiger partial charge in [0.05, 0.1) is 5.01 Å². The Morgan fingerprint density at radius 1 is 1.33 bits per heavy atom. The average molecular weight is 263 g/mol. The Morgan fingerprint density at radius 2 is 2.17 bits per heavy atom. The van der Waals surface area contributed by atoms with Crippen LogP contribution in [0.2, 0.25) is 0 Å². The quantitative estimate of drug-likeness (QED) is 0.865. The number of anilines is 2. The fraction of sp³-hybridized carbons (Fsp3) is 0.417. The highest BCUT2D eigenvalue weighted by Gasteiger charge is 2.12. The molecular weight excluding hydrogens is 246 g/mol. The summed E-state index contributed by atoms with van der Waals surface area (Å²) < 4.78 is 0. The highest BCUT2D eigenvalue weighted by Crippen LogP contribution is 2.26. The number of nitrogens with one attached hydrogen (secondary N) is 1. The van der Waals surface area contributed by atoms with Crippen molar-refractivity contribution in [1.82, 2.24) is 15.0 Å². The zero-order valence-electron chi connectivity index (χ0n) is 10.6. The maximum atomic E-state index is 5.89. The third-order valence-corrected chi connectivity index (χ3v) is 3.45. The second kappa shape index (κ2) is 5.77. The van der Waals surface area contributed by atoms with Crippen molar-refractivity contribution in [2.75, 3.05) is 17.6 Å². The second-order valence-corrected chi connectivity index (χ2v) is 5.26. The van der Waals surface area contributed by atoms with Gasteiger partial charge in [-0.1, -0.05) is 13.8 Å². The molecule has 0 spiro atoms. The average Bonchev–Trinajstić information content (AvgIpc) is 2.81. The zero-order valence-corrected chi connectivity index (χ0v) is 11.4. The van der Waals surface area contributed by atoms with Crippen molar-refractivity contribution in [3.8, 4) is 0 Å². The summed E-state index contributed by atoms with van der Waals surface area (Å²) in [5.41, 5.74) is 6.87. The summed E-state index contributed by atoms with van der Waals surface area (Å²) in [5, 5.41) is 6.41. The van der Waals surface area contributed by atoms with E-state index in [0.29, 0.717) is 11.7 Å². The van der Waals surface area contributed by atoms with E-state index in [1.165, 1.54) is 6.33 Å². The summed E-state index contributed by atoms with van der Waals surface area (Å²) in [7, 11) is 0. The summed E-state index contributed by atoms with van der Waals surface area (Å²) >= 11 is 1.66. The molecule has 0 radical (unpaired) electrons. The highest BCUT2D eigenvalue weighted by molar-refractivity contribution is 7.09. The number of nitrogens with two attached hydrogens (primary N) is 1. The summed E-state index contributed by atoms with van der Waals surface area (Å²) in [6.07, 6.45) is 4.20. The van der Waals surface area contributed by atoms with E-state index in [0.717, 1.165) is 29.4 Å². The van der Waals surface area contributed by atoms with Gasteiger partial charge in [-0.05, 0) is 5.92 Å². The molecule has 2 aromatic rings. The Labute approximate surface area is 111 Å². The number of thiazole rings is 1. The Balaban J connectivity index is 2.03. The van der Waals surface area contributed by atoms with E-state index in [-0.39, 0.29) is 0 Å². The summed E-state index contributed by atoms with van der Waals surface area (Å²) in [6.45, 7) is 4.96. The van der Waals surface area contributed by atoms with E-state index in [2.05, 4.69) is 34.1 Å². The normalized spacial score (nSPS) is 10.8. The van der Waals surface area contributed by atoms with Crippen molar-refractivity contribution >= 4 is 23.0 Å². The molecule has 0 aliphatic carbocycles. The first-order valence-electron chi connectivity index (χ1n) is 5.91. The van der Waals surface area contributed by atoms with Crippen LogP contribution >= 0.6 is 11.3 Å². The van der Waals surface area contributed by atoms with E-state index >= 15 is 0 Å². The molecule has 96 valence electrons. The topological polar surface area (TPSA) is 76.7 Å². The zero-order chi connectivity index (χ0) is 13.0. The first kappa shape index (κ1) is 12.8. The van der Waals surface area contributed by atoms with Crippen LogP contribution in [0.4, 0.5) is 11.6 Å². The predicted octanol–water partition coefficient (Wildman–Crippen LogP) is 2.29. The molecule has 0 aliphatic heterocycles. The van der Waals surface area contributed by atoms with E-state index in [1.54, 1.807) is 11.3 Å². The second-order valence-electron chi connectivity index (χ2n) is 4.28. The van der Waals surface area contributed by atoms with Crippen molar-refractivity contribution in [2.24, 2.45) is 0 Å². The summed E-state index contributed by atoms with van der Waals surface area (Å²) in [6, 6.07) is 0. The van der Waals surface area contributed by atoms with Crippen LogP contribution in [0.25, 0.3) is 0 Å². The Kier molecular flexibility index (Phi) is 4.09. The van der Waals surface area contributed by atoms with E-state index in [9.17, 15) is 0 Å². The van der Waals surface area contributed by atoms with Crippen molar-refractivity contribution in [3.05, 3.63) is 28.5 Å². The van der Waals surface area contributed by atoms with Gasteiger partial charge in [0.2, 0.25) is 0 Å². The molecule has 2 heterocycles. The van der Waals surface area contributed by atoms with Gasteiger partial charge < -0.3 is 11.1 Å². The van der Waals surface area contributed by atoms with Crippen molar-refractivity contribution in [1.29, 1.82) is 0 Å². The minimum Gasteiger partial charge on any atom is -0.383 e. The van der Waals surface area contributed by atoms with Crippen LogP contribution < -0.4 is 11.1 Å². The lowest BCUT2D eigenvalue weighted by molar-refractivity contribution is 0.847. The van der Waals surface area contributed by atoms with Gasteiger partial charge in [-0.3, -0.25) is 0 Å². The lowest BCUT2D eigenvalue weighted by Crippen LogP contribution is -2.11. The molecular formula is C12H17N5S. The summed E-state index contributed by atoms with van der Waals surface area (Å²) in [5.74, 6) is 1.68. The highest BCUT2D eigenvalue weighted by atomic mass is 32.1. The Morgan fingerprint density at radius 3 is 2.83 bits per heavy atom. The van der Waals surface area contributed by atoms with Crippen LogP contribution in [0.5, 0.6) is 0 Å². The van der Waals surface area contributed by atoms with Crippen LogP contribution in [-0.2, 0) is 6.42 Å². The van der Waals surface area contributed by atoms with Gasteiger partial charge in [0.15, 0.2) is 0 Å². The smallest absolute Gasteiger partial charge is 0.134 e. The Bertz CT molecular complexity index is 495. The number of hydrogen-bond acceptors (Lipinski definition) is 6. The van der Waals surface area contributed by atoms with Gasteiger partial charge in [0.1, 0.15) is 18.0 Å². The molecule has 0 aliphatic rings. The molecule has 0 saturated heterocycles. The third-order valence-electron chi connectivity index (χ3n) is 2.61. The molecule has 0 bridgehead atoms. The minimum atomic E-state index is 0.300. The van der Waals surface area contributed by atoms with Crippen LogP contribution in [-0.4, -0.2) is 21.5 Å². The monoisotopic (exact) mass is 263 g/mol. The standard InChI is InChI=1S/C12H17N5S/c1-8(2)10-11(13)16-7-17-12(10)15-4-3-9-14-5-6-18-9/h5-8H,3-4H2,1-2H3,(H3,13,15,16,17). The van der Waals surface area contributed by atoms with E-state index < -0.39 is 0 Å². The molecule has 2 rings (SSSR count). The molecule has 0 atom stereocenters. The van der Waals surface area contributed by atoms with Crippen molar-refractivity contribution in [2.45, 2.75) is 26.2 Å². The lowest BCUT2D eigenvalue weighted by Gasteiger charge is -2.14.